The lowest BCUT2D eigenvalue weighted by atomic mass is 10.0. The highest BCUT2D eigenvalue weighted by Gasteiger charge is 2.30. The third-order valence-electron chi connectivity index (χ3n) is 3.87. The summed E-state index contributed by atoms with van der Waals surface area (Å²) in [5.74, 6) is -1.52. The van der Waals surface area contributed by atoms with Gasteiger partial charge in [0, 0.05) is 23.6 Å². The van der Waals surface area contributed by atoms with Crippen molar-refractivity contribution in [3.05, 3.63) is 59.7 Å². The van der Waals surface area contributed by atoms with Crippen molar-refractivity contribution in [3.63, 3.8) is 0 Å². The van der Waals surface area contributed by atoms with Crippen molar-refractivity contribution in [2.45, 2.75) is 13.1 Å². The first-order valence-electron chi connectivity index (χ1n) is 7.78. The normalized spacial score (nSPS) is 11.4. The number of halogens is 3. The number of anilines is 1. The Kier molecular flexibility index (Phi) is 4.57. The number of aromatic carboxylic acids is 1. The summed E-state index contributed by atoms with van der Waals surface area (Å²) in [6.45, 7) is 1.33. The third-order valence-corrected chi connectivity index (χ3v) is 3.87. The van der Waals surface area contributed by atoms with Crippen LogP contribution in [0.3, 0.4) is 0 Å². The number of carbonyl (C=O) groups is 2. The maximum Gasteiger partial charge on any atom is 0.416 e. The molecule has 0 atom stereocenters. The van der Waals surface area contributed by atoms with Gasteiger partial charge in [0.2, 0.25) is 5.91 Å². The van der Waals surface area contributed by atoms with Crippen LogP contribution in [-0.4, -0.2) is 22.0 Å². The molecule has 3 rings (SSSR count). The van der Waals surface area contributed by atoms with Gasteiger partial charge in [0.15, 0.2) is 0 Å². The molecule has 1 heterocycles. The molecule has 8 heteroatoms. The molecule has 0 aliphatic heterocycles. The summed E-state index contributed by atoms with van der Waals surface area (Å²) in [5.41, 5.74) is 0.493. The number of hydrogen-bond donors (Lipinski definition) is 2. The Morgan fingerprint density at radius 3 is 2.26 bits per heavy atom. The second-order valence-electron chi connectivity index (χ2n) is 5.85. The number of carboxylic acid groups (broad SMARTS) is 1. The number of pyridine rings is 1. The fraction of sp³-hybridized carbons (Fsp3) is 0.105. The van der Waals surface area contributed by atoms with Crippen LogP contribution in [0.5, 0.6) is 0 Å². The average molecular weight is 374 g/mol. The van der Waals surface area contributed by atoms with Gasteiger partial charge >= 0.3 is 12.1 Å². The molecule has 5 nitrogen and oxygen atoms in total. The second kappa shape index (κ2) is 6.71. The SMILES string of the molecule is CC(=O)Nc1ccc2nc(-c3ccc(C(F)(F)F)cc3)cc(C(=O)O)c2c1. The molecule has 2 aromatic carbocycles. The van der Waals surface area contributed by atoms with Crippen LogP contribution >= 0.6 is 0 Å². The van der Waals surface area contributed by atoms with E-state index in [1.807, 2.05) is 0 Å². The number of fused-ring (bicyclic) bond motifs is 1. The number of carboxylic acids is 1. The number of hydrogen-bond acceptors (Lipinski definition) is 3. The van der Waals surface area contributed by atoms with Gasteiger partial charge < -0.3 is 10.4 Å². The molecule has 27 heavy (non-hydrogen) atoms. The van der Waals surface area contributed by atoms with Crippen molar-refractivity contribution in [2.75, 3.05) is 5.32 Å². The van der Waals surface area contributed by atoms with Crippen LogP contribution in [0, 0.1) is 0 Å². The Morgan fingerprint density at radius 2 is 1.70 bits per heavy atom. The van der Waals surface area contributed by atoms with Gasteiger partial charge in [0.25, 0.3) is 0 Å². The number of alkyl halides is 3. The lowest BCUT2D eigenvalue weighted by Gasteiger charge is -2.10. The summed E-state index contributed by atoms with van der Waals surface area (Å²) in [5, 5.41) is 12.4. The largest absolute Gasteiger partial charge is 0.478 e. The minimum atomic E-state index is -4.46. The molecule has 0 aliphatic rings. The number of aromatic nitrogens is 1. The van der Waals surface area contributed by atoms with E-state index in [9.17, 15) is 27.9 Å². The van der Waals surface area contributed by atoms with Crippen LogP contribution in [0.1, 0.15) is 22.8 Å². The van der Waals surface area contributed by atoms with E-state index in [0.29, 0.717) is 22.2 Å². The topological polar surface area (TPSA) is 79.3 Å². The maximum atomic E-state index is 12.7. The third kappa shape index (κ3) is 3.89. The molecule has 0 saturated heterocycles. The van der Waals surface area contributed by atoms with Gasteiger partial charge in [-0.2, -0.15) is 13.2 Å². The van der Waals surface area contributed by atoms with Crippen LogP contribution in [0.25, 0.3) is 22.2 Å². The lowest BCUT2D eigenvalue weighted by Crippen LogP contribution is -2.06. The molecule has 0 radical (unpaired) electrons. The van der Waals surface area contributed by atoms with E-state index >= 15 is 0 Å². The predicted molar refractivity (Wildman–Crippen MR) is 93.4 cm³/mol. The zero-order chi connectivity index (χ0) is 19.8. The average Bonchev–Trinajstić information content (AvgIpc) is 2.59. The Labute approximate surface area is 151 Å². The van der Waals surface area contributed by atoms with Gasteiger partial charge in [0.05, 0.1) is 22.3 Å². The first-order chi connectivity index (χ1) is 12.6. The molecular weight excluding hydrogens is 361 g/mol. The van der Waals surface area contributed by atoms with Crippen molar-refractivity contribution in [3.8, 4) is 11.3 Å². The summed E-state index contributed by atoms with van der Waals surface area (Å²) >= 11 is 0. The van der Waals surface area contributed by atoms with Crippen molar-refractivity contribution >= 4 is 28.5 Å². The summed E-state index contributed by atoms with van der Waals surface area (Å²) < 4.78 is 38.1. The molecule has 0 fully saturated rings. The molecular formula is C19H13F3N2O3. The van der Waals surface area contributed by atoms with Crippen molar-refractivity contribution in [1.29, 1.82) is 0 Å². The molecule has 0 unspecified atom stereocenters. The second-order valence-corrected chi connectivity index (χ2v) is 5.85. The van der Waals surface area contributed by atoms with Gasteiger partial charge in [-0.1, -0.05) is 12.1 Å². The number of nitrogens with one attached hydrogen (secondary N) is 1. The zero-order valence-electron chi connectivity index (χ0n) is 14.0. The zero-order valence-corrected chi connectivity index (χ0v) is 14.0. The first kappa shape index (κ1) is 18.4. The van der Waals surface area contributed by atoms with E-state index in [0.717, 1.165) is 12.1 Å². The van der Waals surface area contributed by atoms with Crippen molar-refractivity contribution in [2.24, 2.45) is 0 Å². The van der Waals surface area contributed by atoms with E-state index in [-0.39, 0.29) is 17.2 Å². The highest BCUT2D eigenvalue weighted by molar-refractivity contribution is 6.05. The molecule has 0 aliphatic carbocycles. The predicted octanol–water partition coefficient (Wildman–Crippen LogP) is 4.58. The molecule has 138 valence electrons. The van der Waals surface area contributed by atoms with E-state index in [4.69, 9.17) is 0 Å². The van der Waals surface area contributed by atoms with Crippen molar-refractivity contribution < 1.29 is 27.9 Å². The quantitative estimate of drug-likeness (QED) is 0.703. The molecule has 0 spiro atoms. The minimum absolute atomic E-state index is 0.0675. The molecule has 0 saturated carbocycles. The number of carbonyl (C=O) groups excluding carboxylic acids is 1. The first-order valence-corrected chi connectivity index (χ1v) is 7.78. The van der Waals surface area contributed by atoms with E-state index in [1.165, 1.54) is 31.2 Å². The number of nitrogens with zero attached hydrogens (tertiary/aromatic N) is 1. The molecule has 1 amide bonds. The van der Waals surface area contributed by atoms with Crippen LogP contribution in [-0.2, 0) is 11.0 Å². The summed E-state index contributed by atoms with van der Waals surface area (Å²) in [7, 11) is 0. The minimum Gasteiger partial charge on any atom is -0.478 e. The van der Waals surface area contributed by atoms with E-state index in [1.54, 1.807) is 12.1 Å². The summed E-state index contributed by atoms with van der Waals surface area (Å²) in [6.07, 6.45) is -4.46. The van der Waals surface area contributed by atoms with Gasteiger partial charge in [-0.3, -0.25) is 4.79 Å². The number of amides is 1. The molecule has 1 aromatic heterocycles. The fourth-order valence-electron chi connectivity index (χ4n) is 2.66. The van der Waals surface area contributed by atoms with Gasteiger partial charge in [-0.25, -0.2) is 9.78 Å². The smallest absolute Gasteiger partial charge is 0.416 e. The Bertz CT molecular complexity index is 1040. The summed E-state index contributed by atoms with van der Waals surface area (Å²) in [6, 6.07) is 10.2. The maximum absolute atomic E-state index is 12.7. The molecule has 3 aromatic rings. The van der Waals surface area contributed by atoms with Crippen LogP contribution in [0.15, 0.2) is 48.5 Å². The lowest BCUT2D eigenvalue weighted by molar-refractivity contribution is -0.137. The van der Waals surface area contributed by atoms with E-state index < -0.39 is 17.7 Å². The Hall–Kier alpha value is -3.42. The van der Waals surface area contributed by atoms with Crippen molar-refractivity contribution in [1.82, 2.24) is 4.98 Å². The molecule has 0 bridgehead atoms. The van der Waals surface area contributed by atoms with Gasteiger partial charge in [-0.15, -0.1) is 0 Å². The fourth-order valence-corrected chi connectivity index (χ4v) is 2.66. The van der Waals surface area contributed by atoms with Crippen LogP contribution in [0.4, 0.5) is 18.9 Å². The molecule has 2 N–H and O–H groups in total. The summed E-state index contributed by atoms with van der Waals surface area (Å²) in [4.78, 5) is 27.2. The highest BCUT2D eigenvalue weighted by Crippen LogP contribution is 2.32. The Balaban J connectivity index is 2.12. The standard InChI is InChI=1S/C19H13F3N2O3/c1-10(25)23-13-6-7-16-14(8-13)15(18(26)27)9-17(24-16)11-2-4-12(5-3-11)19(20,21)22/h2-9H,1H3,(H,23,25)(H,26,27). The van der Waals surface area contributed by atoms with E-state index in [2.05, 4.69) is 10.3 Å². The number of rotatable bonds is 3. The number of benzene rings is 2. The van der Waals surface area contributed by atoms with Crippen LogP contribution < -0.4 is 5.32 Å². The van der Waals surface area contributed by atoms with Gasteiger partial charge in [0.1, 0.15) is 0 Å². The van der Waals surface area contributed by atoms with Gasteiger partial charge in [-0.05, 0) is 36.4 Å². The monoisotopic (exact) mass is 374 g/mol. The van der Waals surface area contributed by atoms with Crippen LogP contribution in [0.2, 0.25) is 0 Å². The Morgan fingerprint density at radius 1 is 1.04 bits per heavy atom. The highest BCUT2D eigenvalue weighted by atomic mass is 19.4.